The maximum absolute atomic E-state index is 13.2. The number of ketones is 1. The highest BCUT2D eigenvalue weighted by molar-refractivity contribution is 7.13. The number of aromatic nitrogens is 1. The van der Waals surface area contributed by atoms with Gasteiger partial charge in [0.05, 0.1) is 6.54 Å². The van der Waals surface area contributed by atoms with Crippen LogP contribution in [0.25, 0.3) is 0 Å². The molecule has 4 rings (SSSR count). The third kappa shape index (κ3) is 5.35. The standard InChI is InChI=1S/C24H30N4O3S/c1-17(29)19-8-5-9-20(15-19)27-11-12-28(22(30)16-27)21(14-18-6-3-2-4-7-18)23(31)26-24-25-10-13-32-24/h5,8-10,13,15,18,21H,2-4,6-7,11-12,14,16H2,1H3,(H,25,26,31)/t21-/m0/s1. The summed E-state index contributed by atoms with van der Waals surface area (Å²) in [6.07, 6.45) is 8.24. The van der Waals surface area contributed by atoms with E-state index in [1.807, 2.05) is 28.5 Å². The molecule has 8 heteroatoms. The highest BCUT2D eigenvalue weighted by atomic mass is 32.1. The zero-order valence-corrected chi connectivity index (χ0v) is 19.3. The van der Waals surface area contributed by atoms with Gasteiger partial charge in [-0.25, -0.2) is 4.98 Å². The fourth-order valence-corrected chi connectivity index (χ4v) is 5.28. The SMILES string of the molecule is CC(=O)c1cccc(N2CCN([C@@H](CC3CCCCC3)C(=O)Nc3nccs3)C(=O)C2)c1. The van der Waals surface area contributed by atoms with Gasteiger partial charge in [0.25, 0.3) is 0 Å². The molecule has 7 nitrogen and oxygen atoms in total. The van der Waals surface area contributed by atoms with Crippen molar-refractivity contribution in [3.63, 3.8) is 0 Å². The van der Waals surface area contributed by atoms with Crippen LogP contribution >= 0.6 is 11.3 Å². The summed E-state index contributed by atoms with van der Waals surface area (Å²) in [4.78, 5) is 46.1. The number of carbonyl (C=O) groups excluding carboxylic acids is 3. The topological polar surface area (TPSA) is 82.6 Å². The van der Waals surface area contributed by atoms with Crippen LogP contribution in [0, 0.1) is 5.92 Å². The van der Waals surface area contributed by atoms with E-state index in [0.29, 0.717) is 36.1 Å². The highest BCUT2D eigenvalue weighted by Crippen LogP contribution is 2.30. The molecule has 1 aliphatic carbocycles. The number of piperazine rings is 1. The summed E-state index contributed by atoms with van der Waals surface area (Å²) >= 11 is 1.38. The number of carbonyl (C=O) groups is 3. The first-order valence-corrected chi connectivity index (χ1v) is 12.2. The molecule has 0 bridgehead atoms. The van der Waals surface area contributed by atoms with Crippen molar-refractivity contribution in [2.24, 2.45) is 5.92 Å². The Kier molecular flexibility index (Phi) is 7.19. The quantitative estimate of drug-likeness (QED) is 0.640. The monoisotopic (exact) mass is 454 g/mol. The molecule has 2 aliphatic rings. The van der Waals surface area contributed by atoms with Gasteiger partial charge in [-0.05, 0) is 31.4 Å². The smallest absolute Gasteiger partial charge is 0.248 e. The molecule has 1 N–H and O–H groups in total. The van der Waals surface area contributed by atoms with E-state index in [4.69, 9.17) is 0 Å². The molecule has 2 fully saturated rings. The van der Waals surface area contributed by atoms with Crippen molar-refractivity contribution in [2.75, 3.05) is 29.9 Å². The van der Waals surface area contributed by atoms with Crippen LogP contribution in [0.15, 0.2) is 35.8 Å². The Morgan fingerprint density at radius 3 is 2.72 bits per heavy atom. The summed E-state index contributed by atoms with van der Waals surface area (Å²) in [6.45, 7) is 2.84. The number of nitrogens with one attached hydrogen (secondary N) is 1. The van der Waals surface area contributed by atoms with Crippen molar-refractivity contribution in [1.29, 1.82) is 0 Å². The molecular weight excluding hydrogens is 424 g/mol. The molecule has 0 radical (unpaired) electrons. The van der Waals surface area contributed by atoms with E-state index in [2.05, 4.69) is 10.3 Å². The first kappa shape index (κ1) is 22.5. The summed E-state index contributed by atoms with van der Waals surface area (Å²) in [6, 6.07) is 6.90. The van der Waals surface area contributed by atoms with E-state index < -0.39 is 6.04 Å². The van der Waals surface area contributed by atoms with Gasteiger partial charge in [0.2, 0.25) is 11.8 Å². The van der Waals surface area contributed by atoms with Gasteiger partial charge in [-0.1, -0.05) is 44.2 Å². The molecule has 1 saturated carbocycles. The highest BCUT2D eigenvalue weighted by Gasteiger charge is 2.36. The third-order valence-corrected chi connectivity index (χ3v) is 7.19. The Hall–Kier alpha value is -2.74. The van der Waals surface area contributed by atoms with E-state index >= 15 is 0 Å². The van der Waals surface area contributed by atoms with Crippen LogP contribution < -0.4 is 10.2 Å². The van der Waals surface area contributed by atoms with Crippen LogP contribution in [-0.2, 0) is 9.59 Å². The predicted octanol–water partition coefficient (Wildman–Crippen LogP) is 3.97. The Balaban J connectivity index is 1.48. The number of amides is 2. The second kappa shape index (κ2) is 10.3. The van der Waals surface area contributed by atoms with Gasteiger partial charge in [0.1, 0.15) is 6.04 Å². The maximum atomic E-state index is 13.2. The average molecular weight is 455 g/mol. The fourth-order valence-electron chi connectivity index (χ4n) is 4.75. The van der Waals surface area contributed by atoms with Gasteiger partial charge in [0, 0.05) is 35.9 Å². The van der Waals surface area contributed by atoms with E-state index in [9.17, 15) is 14.4 Å². The minimum Gasteiger partial charge on any atom is -0.360 e. The van der Waals surface area contributed by atoms with Crippen LogP contribution in [0.3, 0.4) is 0 Å². The van der Waals surface area contributed by atoms with E-state index in [0.717, 1.165) is 18.5 Å². The van der Waals surface area contributed by atoms with Gasteiger partial charge in [-0.15, -0.1) is 11.3 Å². The molecule has 2 amide bonds. The Bertz CT molecular complexity index is 956. The molecular formula is C24H30N4O3S. The summed E-state index contributed by atoms with van der Waals surface area (Å²) < 4.78 is 0. The Morgan fingerprint density at radius 1 is 1.22 bits per heavy atom. The van der Waals surface area contributed by atoms with Gasteiger partial charge in [-0.2, -0.15) is 0 Å². The van der Waals surface area contributed by atoms with Gasteiger partial charge in [-0.3, -0.25) is 14.4 Å². The third-order valence-electron chi connectivity index (χ3n) is 6.50. The van der Waals surface area contributed by atoms with Crippen LogP contribution in [0.1, 0.15) is 55.8 Å². The lowest BCUT2D eigenvalue weighted by Crippen LogP contribution is -2.57. The van der Waals surface area contributed by atoms with Crippen LogP contribution in [0.4, 0.5) is 10.8 Å². The fraction of sp³-hybridized carbons (Fsp3) is 0.500. The molecule has 1 aromatic heterocycles. The maximum Gasteiger partial charge on any atom is 0.248 e. The number of hydrogen-bond acceptors (Lipinski definition) is 6. The summed E-state index contributed by atoms with van der Waals surface area (Å²) in [5, 5.41) is 5.31. The number of anilines is 2. The van der Waals surface area contributed by atoms with Gasteiger partial charge >= 0.3 is 0 Å². The van der Waals surface area contributed by atoms with Crippen molar-refractivity contribution in [3.05, 3.63) is 41.4 Å². The lowest BCUT2D eigenvalue weighted by atomic mass is 9.84. The number of nitrogens with zero attached hydrogens (tertiary/aromatic N) is 3. The molecule has 2 heterocycles. The molecule has 0 unspecified atom stereocenters. The zero-order chi connectivity index (χ0) is 22.5. The molecule has 1 atom stereocenters. The molecule has 170 valence electrons. The zero-order valence-electron chi connectivity index (χ0n) is 18.5. The molecule has 1 saturated heterocycles. The largest absolute Gasteiger partial charge is 0.360 e. The van der Waals surface area contributed by atoms with Gasteiger partial charge in [0.15, 0.2) is 10.9 Å². The first-order valence-electron chi connectivity index (χ1n) is 11.4. The van der Waals surface area contributed by atoms with E-state index in [-0.39, 0.29) is 24.1 Å². The Labute approximate surface area is 192 Å². The number of Topliss-reactive ketones (excluding diaryl/α,β-unsaturated/α-hetero) is 1. The van der Waals surface area contributed by atoms with Crippen LogP contribution in [0.2, 0.25) is 0 Å². The van der Waals surface area contributed by atoms with Crippen molar-refractivity contribution in [1.82, 2.24) is 9.88 Å². The summed E-state index contributed by atoms with van der Waals surface area (Å²) in [7, 11) is 0. The number of benzene rings is 1. The van der Waals surface area contributed by atoms with E-state index in [1.54, 1.807) is 24.1 Å². The van der Waals surface area contributed by atoms with Crippen molar-refractivity contribution >= 4 is 39.8 Å². The first-order chi connectivity index (χ1) is 15.5. The normalized spacial score (nSPS) is 18.5. The van der Waals surface area contributed by atoms with Crippen molar-refractivity contribution in [3.8, 4) is 0 Å². The number of rotatable bonds is 7. The predicted molar refractivity (Wildman–Crippen MR) is 126 cm³/mol. The van der Waals surface area contributed by atoms with Crippen LogP contribution in [0.5, 0.6) is 0 Å². The summed E-state index contributed by atoms with van der Waals surface area (Å²) in [5.74, 6) is 0.266. The van der Waals surface area contributed by atoms with Crippen molar-refractivity contribution < 1.29 is 14.4 Å². The van der Waals surface area contributed by atoms with Crippen LogP contribution in [-0.4, -0.2) is 53.2 Å². The minimum atomic E-state index is -0.486. The van der Waals surface area contributed by atoms with Crippen molar-refractivity contribution in [2.45, 2.75) is 51.5 Å². The second-order valence-corrected chi connectivity index (χ2v) is 9.59. The molecule has 1 aliphatic heterocycles. The average Bonchev–Trinajstić information content (AvgIpc) is 3.31. The molecule has 32 heavy (non-hydrogen) atoms. The lowest BCUT2D eigenvalue weighted by Gasteiger charge is -2.40. The van der Waals surface area contributed by atoms with E-state index in [1.165, 1.54) is 30.6 Å². The summed E-state index contributed by atoms with van der Waals surface area (Å²) in [5.41, 5.74) is 1.50. The molecule has 2 aromatic rings. The second-order valence-electron chi connectivity index (χ2n) is 8.70. The number of hydrogen-bond donors (Lipinski definition) is 1. The van der Waals surface area contributed by atoms with Gasteiger partial charge < -0.3 is 15.1 Å². The lowest BCUT2D eigenvalue weighted by molar-refractivity contribution is -0.139. The minimum absolute atomic E-state index is 0.00298. The number of thiazole rings is 1. The Morgan fingerprint density at radius 2 is 2.03 bits per heavy atom. The molecule has 1 aromatic carbocycles. The molecule has 0 spiro atoms.